The highest BCUT2D eigenvalue weighted by Crippen LogP contribution is 2.23. The molecule has 1 N–H and O–H groups in total. The highest BCUT2D eigenvalue weighted by molar-refractivity contribution is 5.93. The number of rotatable bonds is 9. The van der Waals surface area contributed by atoms with Gasteiger partial charge in [-0.05, 0) is 23.6 Å². The smallest absolute Gasteiger partial charge is 0.355 e. The Kier molecular flexibility index (Phi) is 6.75. The van der Waals surface area contributed by atoms with Gasteiger partial charge in [-0.1, -0.05) is 63.9 Å². The van der Waals surface area contributed by atoms with Gasteiger partial charge in [-0.3, -0.25) is 0 Å². The third kappa shape index (κ3) is 5.08. The van der Waals surface area contributed by atoms with Crippen molar-refractivity contribution in [2.75, 3.05) is 0 Å². The molecule has 29 heavy (non-hydrogen) atoms. The molecule has 0 unspecified atom stereocenters. The summed E-state index contributed by atoms with van der Waals surface area (Å²) < 4.78 is 2.04. The Morgan fingerprint density at radius 1 is 1.14 bits per heavy atom. The topological polar surface area (TPSA) is 80.9 Å². The third-order valence-corrected chi connectivity index (χ3v) is 4.89. The minimum absolute atomic E-state index is 0.0671. The van der Waals surface area contributed by atoms with Crippen molar-refractivity contribution in [3.63, 3.8) is 0 Å². The molecule has 0 fully saturated rings. The summed E-state index contributed by atoms with van der Waals surface area (Å²) in [6, 6.07) is 11.5. The predicted molar refractivity (Wildman–Crippen MR) is 113 cm³/mol. The predicted octanol–water partition coefficient (Wildman–Crippen LogP) is 4.94. The number of aromatic carboxylic acids is 1. The minimum Gasteiger partial charge on any atom is -0.476 e. The fraction of sp³-hybridized carbons (Fsp3) is 0.391. The van der Waals surface area contributed by atoms with E-state index in [4.69, 9.17) is 10.1 Å². The number of carbonyl (C=O) groups is 1. The molecule has 2 aromatic heterocycles. The zero-order chi connectivity index (χ0) is 20.8. The fourth-order valence-corrected chi connectivity index (χ4v) is 3.25. The molecule has 3 rings (SSSR count). The second-order valence-corrected chi connectivity index (χ2v) is 7.55. The second-order valence-electron chi connectivity index (χ2n) is 7.55. The molecule has 0 aliphatic heterocycles. The van der Waals surface area contributed by atoms with Crippen LogP contribution in [0.15, 0.2) is 42.6 Å². The Labute approximate surface area is 171 Å². The van der Waals surface area contributed by atoms with Crippen LogP contribution in [0.1, 0.15) is 73.7 Å². The van der Waals surface area contributed by atoms with Crippen LogP contribution in [0.4, 0.5) is 0 Å². The normalized spacial score (nSPS) is 11.2. The van der Waals surface area contributed by atoms with Crippen molar-refractivity contribution in [2.24, 2.45) is 0 Å². The van der Waals surface area contributed by atoms with Crippen molar-refractivity contribution >= 4 is 5.97 Å². The number of hydrogen-bond donors (Lipinski definition) is 1. The average Bonchev–Trinajstić information content (AvgIpc) is 3.12. The molecule has 6 nitrogen and oxygen atoms in total. The Morgan fingerprint density at radius 3 is 2.55 bits per heavy atom. The molecule has 0 aliphatic rings. The summed E-state index contributed by atoms with van der Waals surface area (Å²) in [7, 11) is 0. The van der Waals surface area contributed by atoms with E-state index in [2.05, 4.69) is 25.8 Å². The van der Waals surface area contributed by atoms with Crippen LogP contribution in [0.3, 0.4) is 0 Å². The van der Waals surface area contributed by atoms with Crippen molar-refractivity contribution in [2.45, 2.75) is 58.9 Å². The van der Waals surface area contributed by atoms with Crippen LogP contribution in [-0.2, 0) is 13.0 Å². The van der Waals surface area contributed by atoms with E-state index >= 15 is 0 Å². The van der Waals surface area contributed by atoms with Crippen LogP contribution < -0.4 is 0 Å². The summed E-state index contributed by atoms with van der Waals surface area (Å²) in [5.74, 6) is 1.13. The van der Waals surface area contributed by atoms with E-state index in [1.807, 2.05) is 28.9 Å². The molecule has 0 bridgehead atoms. The summed E-state index contributed by atoms with van der Waals surface area (Å²) in [6.45, 7) is 7.30. The summed E-state index contributed by atoms with van der Waals surface area (Å²) >= 11 is 0. The maximum atomic E-state index is 11.4. The van der Waals surface area contributed by atoms with Crippen LogP contribution in [0.2, 0.25) is 0 Å². The van der Waals surface area contributed by atoms with Gasteiger partial charge in [-0.15, -0.1) is 0 Å². The fourth-order valence-electron chi connectivity index (χ4n) is 3.25. The standard InChI is InChI=1S/C23H28N4O2/c1-4-5-6-14-27-20(25-22(26-27)16(2)3)15-17-9-11-18(12-10-17)19-8-7-13-24-21(19)23(28)29/h7-13,16H,4-6,14-15H2,1-3H3,(H,28,29). The molecule has 6 heteroatoms. The Hall–Kier alpha value is -3.02. The van der Waals surface area contributed by atoms with Gasteiger partial charge in [0.25, 0.3) is 0 Å². The first-order chi connectivity index (χ1) is 14.0. The number of hydrogen-bond acceptors (Lipinski definition) is 4. The number of pyridine rings is 1. The van der Waals surface area contributed by atoms with E-state index in [-0.39, 0.29) is 5.69 Å². The van der Waals surface area contributed by atoms with Crippen molar-refractivity contribution in [3.8, 4) is 11.1 Å². The maximum absolute atomic E-state index is 11.4. The van der Waals surface area contributed by atoms with Gasteiger partial charge >= 0.3 is 5.97 Å². The molecule has 0 radical (unpaired) electrons. The zero-order valence-corrected chi connectivity index (χ0v) is 17.3. The molecule has 2 heterocycles. The molecule has 0 atom stereocenters. The number of unbranched alkanes of at least 4 members (excludes halogenated alkanes) is 2. The highest BCUT2D eigenvalue weighted by atomic mass is 16.4. The molecule has 1 aromatic carbocycles. The van der Waals surface area contributed by atoms with E-state index in [9.17, 15) is 9.90 Å². The van der Waals surface area contributed by atoms with E-state index in [1.54, 1.807) is 12.1 Å². The maximum Gasteiger partial charge on any atom is 0.355 e. The van der Waals surface area contributed by atoms with Crippen LogP contribution in [0.5, 0.6) is 0 Å². The quantitative estimate of drug-likeness (QED) is 0.522. The van der Waals surface area contributed by atoms with Gasteiger partial charge in [0.2, 0.25) is 0 Å². The highest BCUT2D eigenvalue weighted by Gasteiger charge is 2.15. The number of carboxylic acid groups (broad SMARTS) is 1. The summed E-state index contributed by atoms with van der Waals surface area (Å²) in [4.78, 5) is 20.2. The van der Waals surface area contributed by atoms with Gasteiger partial charge in [0, 0.05) is 30.6 Å². The zero-order valence-electron chi connectivity index (χ0n) is 17.3. The number of benzene rings is 1. The van der Waals surface area contributed by atoms with E-state index in [1.165, 1.54) is 19.0 Å². The van der Waals surface area contributed by atoms with Gasteiger partial charge in [-0.2, -0.15) is 5.10 Å². The lowest BCUT2D eigenvalue weighted by Crippen LogP contribution is -2.07. The summed E-state index contributed by atoms with van der Waals surface area (Å²) in [5.41, 5.74) is 2.65. The Bertz CT molecular complexity index is 961. The molecule has 0 aliphatic carbocycles. The van der Waals surface area contributed by atoms with Gasteiger partial charge in [0.1, 0.15) is 5.82 Å². The Balaban J connectivity index is 1.82. The summed E-state index contributed by atoms with van der Waals surface area (Å²) in [6.07, 6.45) is 5.66. The SMILES string of the molecule is CCCCCn1nc(C(C)C)nc1Cc1ccc(-c2cccnc2C(=O)O)cc1. The van der Waals surface area contributed by atoms with Crippen LogP contribution in [0.25, 0.3) is 11.1 Å². The molecule has 0 amide bonds. The minimum atomic E-state index is -1.02. The van der Waals surface area contributed by atoms with Gasteiger partial charge in [-0.25, -0.2) is 19.4 Å². The largest absolute Gasteiger partial charge is 0.476 e. The van der Waals surface area contributed by atoms with E-state index in [0.717, 1.165) is 35.7 Å². The Morgan fingerprint density at radius 2 is 1.90 bits per heavy atom. The lowest BCUT2D eigenvalue weighted by molar-refractivity contribution is 0.0691. The van der Waals surface area contributed by atoms with E-state index < -0.39 is 5.97 Å². The molecule has 3 aromatic rings. The first-order valence-corrected chi connectivity index (χ1v) is 10.2. The molecular weight excluding hydrogens is 364 g/mol. The van der Waals surface area contributed by atoms with Crippen LogP contribution in [-0.4, -0.2) is 30.8 Å². The molecule has 0 saturated carbocycles. The van der Waals surface area contributed by atoms with Gasteiger partial charge in [0.15, 0.2) is 11.5 Å². The summed E-state index contributed by atoms with van der Waals surface area (Å²) in [5, 5.41) is 14.1. The number of aryl methyl sites for hydroxylation is 1. The molecule has 0 spiro atoms. The number of aromatic nitrogens is 4. The molecule has 152 valence electrons. The number of nitrogens with zero attached hydrogens (tertiary/aromatic N) is 4. The average molecular weight is 393 g/mol. The van der Waals surface area contributed by atoms with Crippen LogP contribution >= 0.6 is 0 Å². The first kappa shape index (κ1) is 20.7. The van der Waals surface area contributed by atoms with Gasteiger partial charge in [0.05, 0.1) is 0 Å². The van der Waals surface area contributed by atoms with Crippen molar-refractivity contribution < 1.29 is 9.90 Å². The second kappa shape index (κ2) is 9.45. The lowest BCUT2D eigenvalue weighted by atomic mass is 10.0. The van der Waals surface area contributed by atoms with Crippen LogP contribution in [0, 0.1) is 0 Å². The number of carboxylic acids is 1. The monoisotopic (exact) mass is 392 g/mol. The van der Waals surface area contributed by atoms with Crippen molar-refractivity contribution in [1.29, 1.82) is 0 Å². The van der Waals surface area contributed by atoms with Gasteiger partial charge < -0.3 is 5.11 Å². The lowest BCUT2D eigenvalue weighted by Gasteiger charge is -2.08. The molecule has 0 saturated heterocycles. The van der Waals surface area contributed by atoms with E-state index in [0.29, 0.717) is 17.9 Å². The molecular formula is C23H28N4O2. The third-order valence-electron chi connectivity index (χ3n) is 4.89. The first-order valence-electron chi connectivity index (χ1n) is 10.2. The van der Waals surface area contributed by atoms with Crippen molar-refractivity contribution in [1.82, 2.24) is 19.7 Å². The van der Waals surface area contributed by atoms with Crippen molar-refractivity contribution in [3.05, 3.63) is 65.5 Å².